The molecule has 0 saturated heterocycles. The minimum atomic E-state index is -4.56. The van der Waals surface area contributed by atoms with Crippen LogP contribution in [-0.4, -0.2) is 10.9 Å². The number of rotatable bonds is 6. The van der Waals surface area contributed by atoms with E-state index in [1.165, 1.54) is 6.08 Å². The summed E-state index contributed by atoms with van der Waals surface area (Å²) >= 11 is 0. The highest BCUT2D eigenvalue weighted by molar-refractivity contribution is 6.03. The number of anilines is 3. The molecule has 0 aliphatic rings. The summed E-state index contributed by atoms with van der Waals surface area (Å²) in [7, 11) is 0. The van der Waals surface area contributed by atoms with Gasteiger partial charge in [-0.05, 0) is 35.4 Å². The molecule has 1 heterocycles. The number of nitrogen functional groups attached to an aromatic ring is 1. The van der Waals surface area contributed by atoms with Crippen LogP contribution in [0.15, 0.2) is 65.3 Å². The van der Waals surface area contributed by atoms with Crippen LogP contribution >= 0.6 is 0 Å². The number of nitrogens with two attached hydrogens (primary N) is 1. The Bertz CT molecular complexity index is 1030. The molecule has 0 fully saturated rings. The van der Waals surface area contributed by atoms with Crippen molar-refractivity contribution in [3.63, 3.8) is 0 Å². The van der Waals surface area contributed by atoms with E-state index in [1.54, 1.807) is 54.6 Å². The van der Waals surface area contributed by atoms with Crippen molar-refractivity contribution in [2.45, 2.75) is 12.7 Å². The Labute approximate surface area is 164 Å². The predicted molar refractivity (Wildman–Crippen MR) is 104 cm³/mol. The van der Waals surface area contributed by atoms with Crippen molar-refractivity contribution in [1.82, 2.24) is 4.98 Å². The van der Waals surface area contributed by atoms with Gasteiger partial charge in [0.25, 0.3) is 6.01 Å². The molecule has 2 aromatic carbocycles. The summed E-state index contributed by atoms with van der Waals surface area (Å²) in [4.78, 5) is 15.4. The molecule has 0 aliphatic carbocycles. The van der Waals surface area contributed by atoms with Crippen LogP contribution in [0.5, 0.6) is 0 Å². The fraction of sp³-hybridized carbons (Fsp3) is 0.100. The number of halogens is 3. The van der Waals surface area contributed by atoms with Crippen molar-refractivity contribution >= 4 is 29.4 Å². The fourth-order valence-corrected chi connectivity index (χ4v) is 2.43. The molecule has 29 heavy (non-hydrogen) atoms. The lowest BCUT2D eigenvalue weighted by Crippen LogP contribution is -2.09. The first-order valence-corrected chi connectivity index (χ1v) is 8.50. The first kappa shape index (κ1) is 20.0. The zero-order chi connectivity index (χ0) is 20.9. The number of benzene rings is 2. The van der Waals surface area contributed by atoms with E-state index in [4.69, 9.17) is 10.2 Å². The number of carbonyl (C=O) groups excluding carboxylic acids is 1. The summed E-state index contributed by atoms with van der Waals surface area (Å²) in [5, 5.41) is 5.37. The fourth-order valence-electron chi connectivity index (χ4n) is 2.43. The van der Waals surface area contributed by atoms with Gasteiger partial charge in [-0.15, -0.1) is 0 Å². The number of hydrogen-bond donors (Lipinski definition) is 3. The lowest BCUT2D eigenvalue weighted by atomic mass is 10.1. The Kier molecular flexibility index (Phi) is 5.87. The van der Waals surface area contributed by atoms with Crippen LogP contribution in [0.2, 0.25) is 0 Å². The molecule has 0 radical (unpaired) electrons. The SMILES string of the molecule is Nc1ccccc1NC(=O)/C=C/c1cccc(CNc2nc(C(F)(F)F)co2)c1. The average Bonchev–Trinajstić information content (AvgIpc) is 3.17. The van der Waals surface area contributed by atoms with Crippen LogP contribution in [-0.2, 0) is 17.5 Å². The molecule has 0 aliphatic heterocycles. The van der Waals surface area contributed by atoms with Gasteiger partial charge in [-0.1, -0.05) is 30.3 Å². The molecule has 0 unspecified atom stereocenters. The molecule has 4 N–H and O–H groups in total. The van der Waals surface area contributed by atoms with Crippen LogP contribution in [0.3, 0.4) is 0 Å². The second-order valence-electron chi connectivity index (χ2n) is 6.04. The van der Waals surface area contributed by atoms with E-state index >= 15 is 0 Å². The van der Waals surface area contributed by atoms with Crippen molar-refractivity contribution in [2.75, 3.05) is 16.4 Å². The van der Waals surface area contributed by atoms with Gasteiger partial charge in [-0.3, -0.25) is 4.79 Å². The van der Waals surface area contributed by atoms with E-state index in [1.807, 2.05) is 0 Å². The predicted octanol–water partition coefficient (Wildman–Crippen LogP) is 4.54. The van der Waals surface area contributed by atoms with E-state index < -0.39 is 11.9 Å². The van der Waals surface area contributed by atoms with E-state index in [-0.39, 0.29) is 18.5 Å². The maximum atomic E-state index is 12.5. The lowest BCUT2D eigenvalue weighted by Gasteiger charge is -2.05. The summed E-state index contributed by atoms with van der Waals surface area (Å²) in [5.74, 6) is -0.342. The zero-order valence-corrected chi connectivity index (χ0v) is 15.0. The van der Waals surface area contributed by atoms with Crippen LogP contribution in [0, 0.1) is 0 Å². The number of alkyl halides is 3. The number of nitrogens with one attached hydrogen (secondary N) is 2. The van der Waals surface area contributed by atoms with Crippen molar-refractivity contribution < 1.29 is 22.4 Å². The smallest absolute Gasteiger partial charge is 0.432 e. The molecule has 0 saturated carbocycles. The minimum absolute atomic E-state index is 0.201. The van der Waals surface area contributed by atoms with E-state index in [2.05, 4.69) is 15.6 Å². The molecular weight excluding hydrogens is 385 g/mol. The molecule has 0 spiro atoms. The van der Waals surface area contributed by atoms with Gasteiger partial charge in [0.05, 0.1) is 11.4 Å². The van der Waals surface area contributed by atoms with Crippen molar-refractivity contribution in [1.29, 1.82) is 0 Å². The largest absolute Gasteiger partial charge is 0.436 e. The third-order valence-electron chi connectivity index (χ3n) is 3.84. The van der Waals surface area contributed by atoms with Gasteiger partial charge in [-0.2, -0.15) is 18.2 Å². The number of oxazole rings is 1. The molecule has 3 rings (SSSR count). The average molecular weight is 402 g/mol. The summed E-state index contributed by atoms with van der Waals surface area (Å²) in [6.07, 6.45) is -1.02. The van der Waals surface area contributed by atoms with Gasteiger partial charge in [0.2, 0.25) is 5.91 Å². The summed E-state index contributed by atoms with van der Waals surface area (Å²) < 4.78 is 42.4. The summed E-state index contributed by atoms with van der Waals surface area (Å²) in [6.45, 7) is 0.201. The lowest BCUT2D eigenvalue weighted by molar-refractivity contribution is -0.141. The highest BCUT2D eigenvalue weighted by atomic mass is 19.4. The standard InChI is InChI=1S/C20H17F3N4O2/c21-20(22,23)17-12-29-19(27-17)25-11-14-5-3-4-13(10-14)8-9-18(28)26-16-7-2-1-6-15(16)24/h1-10,12H,11,24H2,(H,25,27)(H,26,28)/b9-8+. The number of para-hydroxylation sites is 2. The van der Waals surface area contributed by atoms with E-state index in [9.17, 15) is 18.0 Å². The molecule has 150 valence electrons. The molecule has 0 bridgehead atoms. The molecular formula is C20H17F3N4O2. The van der Waals surface area contributed by atoms with Gasteiger partial charge < -0.3 is 20.8 Å². The quantitative estimate of drug-likeness (QED) is 0.416. The molecule has 1 aromatic heterocycles. The van der Waals surface area contributed by atoms with Crippen LogP contribution in [0.1, 0.15) is 16.8 Å². The Morgan fingerprint density at radius 1 is 1.17 bits per heavy atom. The second-order valence-corrected chi connectivity index (χ2v) is 6.04. The number of hydrogen-bond acceptors (Lipinski definition) is 5. The molecule has 0 atom stereocenters. The van der Waals surface area contributed by atoms with Gasteiger partial charge in [0, 0.05) is 12.6 Å². The highest BCUT2D eigenvalue weighted by Crippen LogP contribution is 2.29. The van der Waals surface area contributed by atoms with Crippen molar-refractivity contribution in [3.05, 3.63) is 77.7 Å². The Morgan fingerprint density at radius 2 is 1.97 bits per heavy atom. The topological polar surface area (TPSA) is 93.2 Å². The molecule has 6 nitrogen and oxygen atoms in total. The van der Waals surface area contributed by atoms with Crippen molar-refractivity contribution in [2.24, 2.45) is 0 Å². The zero-order valence-electron chi connectivity index (χ0n) is 15.0. The number of aromatic nitrogens is 1. The first-order chi connectivity index (χ1) is 13.8. The van der Waals surface area contributed by atoms with Gasteiger partial charge in [0.15, 0.2) is 5.69 Å². The molecule has 9 heteroatoms. The Hall–Kier alpha value is -3.75. The second kappa shape index (κ2) is 8.51. The minimum Gasteiger partial charge on any atom is -0.432 e. The van der Waals surface area contributed by atoms with Gasteiger partial charge >= 0.3 is 6.18 Å². The van der Waals surface area contributed by atoms with Gasteiger partial charge in [-0.25, -0.2) is 0 Å². The monoisotopic (exact) mass is 402 g/mol. The normalized spacial score (nSPS) is 11.6. The Morgan fingerprint density at radius 3 is 2.69 bits per heavy atom. The van der Waals surface area contributed by atoms with Crippen LogP contribution < -0.4 is 16.4 Å². The highest BCUT2D eigenvalue weighted by Gasteiger charge is 2.34. The molecule has 1 amide bonds. The maximum absolute atomic E-state index is 12.5. The van der Waals surface area contributed by atoms with Crippen molar-refractivity contribution in [3.8, 4) is 0 Å². The number of nitrogens with zero attached hydrogens (tertiary/aromatic N) is 1. The van der Waals surface area contributed by atoms with Gasteiger partial charge in [0.1, 0.15) is 6.26 Å². The summed E-state index contributed by atoms with van der Waals surface area (Å²) in [6, 6.07) is 13.8. The Balaban J connectivity index is 1.59. The molecule has 3 aromatic rings. The van der Waals surface area contributed by atoms with Crippen LogP contribution in [0.4, 0.5) is 30.6 Å². The third-order valence-corrected chi connectivity index (χ3v) is 3.84. The maximum Gasteiger partial charge on any atom is 0.436 e. The van der Waals surface area contributed by atoms with E-state index in [0.717, 1.165) is 11.1 Å². The summed E-state index contributed by atoms with van der Waals surface area (Å²) in [5.41, 5.74) is 7.17. The van der Waals surface area contributed by atoms with Crippen LogP contribution in [0.25, 0.3) is 6.08 Å². The van der Waals surface area contributed by atoms with E-state index in [0.29, 0.717) is 17.6 Å². The third kappa shape index (κ3) is 5.61. The number of amides is 1. The first-order valence-electron chi connectivity index (χ1n) is 8.50. The number of carbonyl (C=O) groups is 1.